The van der Waals surface area contributed by atoms with Crippen LogP contribution in [0.5, 0.6) is 0 Å². The quantitative estimate of drug-likeness (QED) is 0.781. The highest BCUT2D eigenvalue weighted by molar-refractivity contribution is 6.00. The van der Waals surface area contributed by atoms with Gasteiger partial charge in [0.25, 0.3) is 0 Å². The normalized spacial score (nSPS) is 17.2. The summed E-state index contributed by atoms with van der Waals surface area (Å²) in [7, 11) is 0. The number of aryl methyl sites for hydroxylation is 2. The van der Waals surface area contributed by atoms with Crippen molar-refractivity contribution >= 4 is 28.7 Å². The van der Waals surface area contributed by atoms with Gasteiger partial charge in [-0.25, -0.2) is 4.98 Å². The molecule has 4 rings (SSSR count). The molecule has 6 nitrogen and oxygen atoms in total. The van der Waals surface area contributed by atoms with E-state index in [1.807, 2.05) is 25.1 Å². The van der Waals surface area contributed by atoms with Gasteiger partial charge in [0.05, 0.1) is 5.92 Å². The third kappa shape index (κ3) is 2.73. The number of hydrogen-bond acceptors (Lipinski definition) is 4. The van der Waals surface area contributed by atoms with Crippen molar-refractivity contribution in [3.63, 3.8) is 0 Å². The van der Waals surface area contributed by atoms with E-state index in [9.17, 15) is 9.59 Å². The maximum atomic E-state index is 12.1. The highest BCUT2D eigenvalue weighted by Gasteiger charge is 2.35. The van der Waals surface area contributed by atoms with Crippen LogP contribution in [0.15, 0.2) is 40.8 Å². The number of oxazole rings is 1. The molecular formula is C20H18N2O4. The highest BCUT2D eigenvalue weighted by atomic mass is 16.4. The number of benzene rings is 2. The van der Waals surface area contributed by atoms with Crippen LogP contribution in [0.3, 0.4) is 0 Å². The van der Waals surface area contributed by atoms with Gasteiger partial charge in [0.2, 0.25) is 11.8 Å². The molecule has 1 atom stereocenters. The Morgan fingerprint density at radius 2 is 2.00 bits per heavy atom. The standard InChI is InChI=1S/C20H18N2O4/c1-11-3-4-13(7-12(11)2)19-21-16-9-15(5-6-17(16)26-19)22-10-14(20(24)25)8-18(22)23/h3-7,9,14H,8,10H2,1-2H3,(H,24,25). The first-order valence-corrected chi connectivity index (χ1v) is 8.44. The van der Waals surface area contributed by atoms with Crippen molar-refractivity contribution in [3.05, 3.63) is 47.5 Å². The minimum Gasteiger partial charge on any atom is -0.481 e. The van der Waals surface area contributed by atoms with Gasteiger partial charge in [0, 0.05) is 24.2 Å². The zero-order valence-electron chi connectivity index (χ0n) is 14.5. The average molecular weight is 350 g/mol. The summed E-state index contributed by atoms with van der Waals surface area (Å²) < 4.78 is 5.84. The van der Waals surface area contributed by atoms with Crippen molar-refractivity contribution in [2.75, 3.05) is 11.4 Å². The lowest BCUT2D eigenvalue weighted by Crippen LogP contribution is -2.25. The third-order valence-corrected chi connectivity index (χ3v) is 4.91. The summed E-state index contributed by atoms with van der Waals surface area (Å²) in [5.41, 5.74) is 5.17. The lowest BCUT2D eigenvalue weighted by atomic mass is 10.1. The van der Waals surface area contributed by atoms with E-state index in [0.29, 0.717) is 22.7 Å². The number of aromatic nitrogens is 1. The number of carbonyl (C=O) groups excluding carboxylic acids is 1. The molecule has 26 heavy (non-hydrogen) atoms. The van der Waals surface area contributed by atoms with E-state index < -0.39 is 11.9 Å². The molecule has 3 aromatic rings. The second-order valence-corrected chi connectivity index (χ2v) is 6.71. The van der Waals surface area contributed by atoms with Crippen LogP contribution >= 0.6 is 0 Å². The molecule has 1 amide bonds. The monoisotopic (exact) mass is 350 g/mol. The number of carbonyl (C=O) groups is 2. The fourth-order valence-electron chi connectivity index (χ4n) is 3.20. The molecule has 0 saturated carbocycles. The topological polar surface area (TPSA) is 83.6 Å². The molecule has 2 aromatic carbocycles. The van der Waals surface area contributed by atoms with Crippen LogP contribution in [0.25, 0.3) is 22.6 Å². The molecule has 1 aliphatic rings. The summed E-state index contributed by atoms with van der Waals surface area (Å²) in [6.07, 6.45) is 0.0279. The van der Waals surface area contributed by atoms with E-state index in [4.69, 9.17) is 9.52 Å². The molecule has 6 heteroatoms. The lowest BCUT2D eigenvalue weighted by Gasteiger charge is -2.15. The van der Waals surface area contributed by atoms with Gasteiger partial charge in [-0.1, -0.05) is 6.07 Å². The summed E-state index contributed by atoms with van der Waals surface area (Å²) in [4.78, 5) is 29.3. The first-order valence-electron chi connectivity index (χ1n) is 8.44. The van der Waals surface area contributed by atoms with Crippen LogP contribution < -0.4 is 4.90 Å². The summed E-state index contributed by atoms with van der Waals surface area (Å²) >= 11 is 0. The number of nitrogens with zero attached hydrogens (tertiary/aromatic N) is 2. The molecule has 1 aromatic heterocycles. The van der Waals surface area contributed by atoms with E-state index >= 15 is 0 Å². The lowest BCUT2D eigenvalue weighted by molar-refractivity contribution is -0.141. The van der Waals surface area contributed by atoms with Gasteiger partial charge in [-0.05, 0) is 55.3 Å². The van der Waals surface area contributed by atoms with E-state index in [1.165, 1.54) is 10.5 Å². The molecule has 1 unspecified atom stereocenters. The zero-order valence-corrected chi connectivity index (χ0v) is 14.5. The average Bonchev–Trinajstić information content (AvgIpc) is 3.20. The number of carboxylic acids is 1. The SMILES string of the molecule is Cc1ccc(-c2nc3cc(N4CC(C(=O)O)CC4=O)ccc3o2)cc1C. The Balaban J connectivity index is 1.69. The number of rotatable bonds is 3. The number of fused-ring (bicyclic) bond motifs is 1. The Bertz CT molecular complexity index is 1040. The second-order valence-electron chi connectivity index (χ2n) is 6.71. The second kappa shape index (κ2) is 5.98. The Kier molecular flexibility index (Phi) is 3.76. The van der Waals surface area contributed by atoms with Gasteiger partial charge >= 0.3 is 5.97 Å². The fraction of sp³-hybridized carbons (Fsp3) is 0.250. The van der Waals surface area contributed by atoms with Crippen molar-refractivity contribution < 1.29 is 19.1 Å². The maximum absolute atomic E-state index is 12.1. The Morgan fingerprint density at radius 1 is 1.19 bits per heavy atom. The molecule has 1 N–H and O–H groups in total. The van der Waals surface area contributed by atoms with Gasteiger partial charge in [0.1, 0.15) is 5.52 Å². The molecule has 0 aliphatic carbocycles. The Labute approximate surface area is 150 Å². The van der Waals surface area contributed by atoms with Crippen molar-refractivity contribution in [1.29, 1.82) is 0 Å². The van der Waals surface area contributed by atoms with Crippen molar-refractivity contribution in [2.45, 2.75) is 20.3 Å². The minimum atomic E-state index is -0.944. The van der Waals surface area contributed by atoms with Crippen LogP contribution in [0.2, 0.25) is 0 Å². The van der Waals surface area contributed by atoms with Crippen LogP contribution in [0.1, 0.15) is 17.5 Å². The maximum Gasteiger partial charge on any atom is 0.308 e. The van der Waals surface area contributed by atoms with E-state index in [-0.39, 0.29) is 18.9 Å². The van der Waals surface area contributed by atoms with Gasteiger partial charge in [-0.15, -0.1) is 0 Å². The molecule has 1 aliphatic heterocycles. The first kappa shape index (κ1) is 16.3. The highest BCUT2D eigenvalue weighted by Crippen LogP contribution is 2.31. The van der Waals surface area contributed by atoms with Gasteiger partial charge < -0.3 is 14.4 Å². The molecular weight excluding hydrogens is 332 g/mol. The molecule has 132 valence electrons. The van der Waals surface area contributed by atoms with E-state index in [1.54, 1.807) is 18.2 Å². The molecule has 0 bridgehead atoms. The van der Waals surface area contributed by atoms with Crippen molar-refractivity contribution in [2.24, 2.45) is 5.92 Å². The van der Waals surface area contributed by atoms with Gasteiger partial charge in [-0.3, -0.25) is 9.59 Å². The molecule has 0 spiro atoms. The predicted molar refractivity (Wildman–Crippen MR) is 97.0 cm³/mol. The Morgan fingerprint density at radius 3 is 2.69 bits per heavy atom. The minimum absolute atomic E-state index is 0.0279. The zero-order chi connectivity index (χ0) is 18.4. The third-order valence-electron chi connectivity index (χ3n) is 4.91. The number of anilines is 1. The summed E-state index contributed by atoms with van der Waals surface area (Å²) in [5, 5.41) is 9.13. The van der Waals surface area contributed by atoms with E-state index in [2.05, 4.69) is 11.9 Å². The van der Waals surface area contributed by atoms with Crippen molar-refractivity contribution in [1.82, 2.24) is 4.98 Å². The molecule has 1 fully saturated rings. The Hall–Kier alpha value is -3.15. The summed E-state index contributed by atoms with van der Waals surface area (Å²) in [6.45, 7) is 4.27. The van der Waals surface area contributed by atoms with Crippen LogP contribution in [0, 0.1) is 19.8 Å². The first-order chi connectivity index (χ1) is 12.4. The predicted octanol–water partition coefficient (Wildman–Crippen LogP) is 3.55. The summed E-state index contributed by atoms with van der Waals surface area (Å²) in [5.74, 6) is -1.27. The van der Waals surface area contributed by atoms with Crippen molar-refractivity contribution in [3.8, 4) is 11.5 Å². The smallest absolute Gasteiger partial charge is 0.308 e. The number of carboxylic acid groups (broad SMARTS) is 1. The largest absolute Gasteiger partial charge is 0.481 e. The molecule has 2 heterocycles. The van der Waals surface area contributed by atoms with E-state index in [0.717, 1.165) is 11.1 Å². The number of hydrogen-bond donors (Lipinski definition) is 1. The van der Waals surface area contributed by atoms with Gasteiger partial charge in [-0.2, -0.15) is 0 Å². The fourth-order valence-corrected chi connectivity index (χ4v) is 3.20. The summed E-state index contributed by atoms with van der Waals surface area (Å²) in [6, 6.07) is 11.3. The molecule has 1 saturated heterocycles. The number of aliphatic carboxylic acids is 1. The van der Waals surface area contributed by atoms with Crippen LogP contribution in [-0.4, -0.2) is 28.5 Å². The van der Waals surface area contributed by atoms with Crippen LogP contribution in [0.4, 0.5) is 5.69 Å². The number of amides is 1. The van der Waals surface area contributed by atoms with Crippen LogP contribution in [-0.2, 0) is 9.59 Å². The van der Waals surface area contributed by atoms with Gasteiger partial charge in [0.15, 0.2) is 5.58 Å². The molecule has 0 radical (unpaired) electrons.